The molecule has 0 aliphatic heterocycles. The van der Waals surface area contributed by atoms with Crippen LogP contribution in [0.5, 0.6) is 0 Å². The summed E-state index contributed by atoms with van der Waals surface area (Å²) in [5.74, 6) is 0. The van der Waals surface area contributed by atoms with Gasteiger partial charge in [0, 0.05) is 5.41 Å². The van der Waals surface area contributed by atoms with Crippen LogP contribution in [0, 0.1) is 0 Å². The third-order valence-corrected chi connectivity index (χ3v) is 5.28. The molecule has 2 aromatic rings. The summed E-state index contributed by atoms with van der Waals surface area (Å²) in [6, 6.07) is 20.1. The molecule has 0 bridgehead atoms. The Labute approximate surface area is 157 Å². The number of benzene rings is 2. The molecule has 0 aliphatic carbocycles. The number of hydrogen-bond donors (Lipinski definition) is 0. The van der Waals surface area contributed by atoms with E-state index in [1.807, 2.05) is 27.7 Å². The third kappa shape index (κ3) is 5.73. The highest BCUT2D eigenvalue weighted by Crippen LogP contribution is 2.37. The molecule has 0 aromatic heterocycles. The van der Waals surface area contributed by atoms with Gasteiger partial charge in [0.15, 0.2) is 0 Å². The number of hydrogen-bond acceptors (Lipinski definition) is 0. The van der Waals surface area contributed by atoms with Gasteiger partial charge in [-0.25, -0.2) is 0 Å². The molecule has 0 N–H and O–H groups in total. The van der Waals surface area contributed by atoms with Crippen LogP contribution >= 0.6 is 0 Å². The van der Waals surface area contributed by atoms with Gasteiger partial charge in [0.2, 0.25) is 0 Å². The molecule has 2 rings (SSSR count). The first-order valence-electron chi connectivity index (χ1n) is 10.1. The van der Waals surface area contributed by atoms with Crippen molar-refractivity contribution in [2.75, 3.05) is 0 Å². The molecule has 0 radical (unpaired) electrons. The van der Waals surface area contributed by atoms with Gasteiger partial charge in [0.25, 0.3) is 0 Å². The van der Waals surface area contributed by atoms with E-state index in [0.717, 1.165) is 12.8 Å². The monoisotopic (exact) mass is 340 g/mol. The molecule has 0 heterocycles. The Bertz CT molecular complexity index is 580. The van der Waals surface area contributed by atoms with Crippen molar-refractivity contribution in [3.63, 3.8) is 0 Å². The van der Waals surface area contributed by atoms with Crippen LogP contribution in [0.2, 0.25) is 0 Å². The highest BCUT2D eigenvalue weighted by Gasteiger charge is 2.28. The van der Waals surface area contributed by atoms with E-state index < -0.39 is 0 Å². The molecule has 25 heavy (non-hydrogen) atoms. The maximum Gasteiger partial charge on any atom is 0.0172 e. The van der Waals surface area contributed by atoms with Gasteiger partial charge in [-0.1, -0.05) is 117 Å². The Morgan fingerprint density at radius 1 is 0.600 bits per heavy atom. The van der Waals surface area contributed by atoms with Crippen LogP contribution in [0.25, 0.3) is 0 Å². The lowest BCUT2D eigenvalue weighted by molar-refractivity contribution is 0.500. The highest BCUT2D eigenvalue weighted by molar-refractivity contribution is 5.41. The smallest absolute Gasteiger partial charge is 0.0172 e. The second-order valence-electron chi connectivity index (χ2n) is 6.87. The molecule has 1 unspecified atom stereocenters. The van der Waals surface area contributed by atoms with Crippen molar-refractivity contribution >= 4 is 0 Å². The zero-order valence-electron chi connectivity index (χ0n) is 18.1. The molecule has 0 heteroatoms. The summed E-state index contributed by atoms with van der Waals surface area (Å²) in [5.41, 5.74) is 4.59. The fourth-order valence-electron chi connectivity index (χ4n) is 2.87. The summed E-state index contributed by atoms with van der Waals surface area (Å²) in [6.07, 6.45) is 2.26. The van der Waals surface area contributed by atoms with Crippen molar-refractivity contribution in [3.8, 4) is 0 Å². The van der Waals surface area contributed by atoms with Crippen molar-refractivity contribution < 1.29 is 0 Å². The van der Waals surface area contributed by atoms with Gasteiger partial charge in [-0.2, -0.15) is 0 Å². The normalized spacial score (nSPS) is 12.8. The van der Waals surface area contributed by atoms with Crippen molar-refractivity contribution in [1.29, 1.82) is 0 Å². The zero-order valence-corrected chi connectivity index (χ0v) is 18.1. The summed E-state index contributed by atoms with van der Waals surface area (Å²) in [4.78, 5) is 0. The molecule has 1 atom stereocenters. The number of rotatable bonds is 5. The summed E-state index contributed by atoms with van der Waals surface area (Å²) < 4.78 is 0. The van der Waals surface area contributed by atoms with Crippen LogP contribution in [0.1, 0.15) is 91.8 Å². The van der Waals surface area contributed by atoms with Crippen LogP contribution in [0.4, 0.5) is 0 Å². The molecular formula is C25H40. The van der Waals surface area contributed by atoms with Crippen LogP contribution < -0.4 is 0 Å². The summed E-state index contributed by atoms with van der Waals surface area (Å²) in [7, 11) is 0. The molecule has 0 saturated heterocycles. The van der Waals surface area contributed by atoms with Gasteiger partial charge in [0.1, 0.15) is 0 Å². The lowest BCUT2D eigenvalue weighted by Crippen LogP contribution is -2.24. The Hall–Kier alpha value is -1.56. The second kappa shape index (κ2) is 11.1. The Morgan fingerprint density at radius 3 is 1.56 bits per heavy atom. The maximum absolute atomic E-state index is 2.42. The minimum absolute atomic E-state index is 0.0844. The fraction of sp³-hybridized carbons (Fsp3) is 0.520. The summed E-state index contributed by atoms with van der Waals surface area (Å²) in [6.45, 7) is 19.6. The molecule has 0 saturated carbocycles. The SMILES string of the molecule is CC.CC.CCC(C)(C)c1cccc(C(C)(CC)c2ccccc2)c1. The summed E-state index contributed by atoms with van der Waals surface area (Å²) in [5, 5.41) is 0. The van der Waals surface area contributed by atoms with E-state index in [1.165, 1.54) is 16.7 Å². The van der Waals surface area contributed by atoms with E-state index in [0.29, 0.717) is 0 Å². The van der Waals surface area contributed by atoms with Crippen LogP contribution in [0.3, 0.4) is 0 Å². The molecule has 0 amide bonds. The van der Waals surface area contributed by atoms with Crippen molar-refractivity contribution in [3.05, 3.63) is 71.3 Å². The molecular weight excluding hydrogens is 300 g/mol. The van der Waals surface area contributed by atoms with E-state index in [2.05, 4.69) is 89.2 Å². The average molecular weight is 341 g/mol. The molecule has 0 nitrogen and oxygen atoms in total. The molecule has 0 aliphatic rings. The van der Waals surface area contributed by atoms with E-state index in [1.54, 1.807) is 0 Å². The highest BCUT2D eigenvalue weighted by atomic mass is 14.3. The third-order valence-electron chi connectivity index (χ3n) is 5.28. The van der Waals surface area contributed by atoms with Gasteiger partial charge in [0.05, 0.1) is 0 Å². The average Bonchev–Trinajstić information content (AvgIpc) is 2.71. The fourth-order valence-corrected chi connectivity index (χ4v) is 2.87. The van der Waals surface area contributed by atoms with E-state index >= 15 is 0 Å². The summed E-state index contributed by atoms with van der Waals surface area (Å²) >= 11 is 0. The lowest BCUT2D eigenvalue weighted by atomic mass is 9.72. The van der Waals surface area contributed by atoms with Crippen LogP contribution in [0.15, 0.2) is 54.6 Å². The Morgan fingerprint density at radius 2 is 1.08 bits per heavy atom. The zero-order chi connectivity index (χ0) is 19.5. The minimum atomic E-state index is 0.0844. The Balaban J connectivity index is 0.00000134. The largest absolute Gasteiger partial charge is 0.0683 e. The van der Waals surface area contributed by atoms with Gasteiger partial charge in [-0.3, -0.25) is 0 Å². The van der Waals surface area contributed by atoms with Crippen LogP contribution in [-0.4, -0.2) is 0 Å². The quantitative estimate of drug-likeness (QED) is 0.515. The van der Waals surface area contributed by atoms with Gasteiger partial charge in [-0.05, 0) is 34.9 Å². The van der Waals surface area contributed by atoms with E-state index in [4.69, 9.17) is 0 Å². The van der Waals surface area contributed by atoms with Gasteiger partial charge < -0.3 is 0 Å². The van der Waals surface area contributed by atoms with Crippen molar-refractivity contribution in [2.24, 2.45) is 0 Å². The van der Waals surface area contributed by atoms with Crippen molar-refractivity contribution in [1.82, 2.24) is 0 Å². The standard InChI is InChI=1S/C21H28.2C2H6/c1-6-20(3,4)18-14-11-15-19(16-18)21(5,7-2)17-12-9-8-10-13-17;2*1-2/h8-16H,6-7H2,1-5H3;2*1-2H3. The van der Waals surface area contributed by atoms with E-state index in [9.17, 15) is 0 Å². The minimum Gasteiger partial charge on any atom is -0.0683 e. The van der Waals surface area contributed by atoms with Gasteiger partial charge in [-0.15, -0.1) is 0 Å². The molecule has 0 fully saturated rings. The first-order valence-corrected chi connectivity index (χ1v) is 10.1. The van der Waals surface area contributed by atoms with Gasteiger partial charge >= 0.3 is 0 Å². The maximum atomic E-state index is 2.42. The Kier molecular flexibility index (Phi) is 10.4. The molecule has 140 valence electrons. The first kappa shape index (κ1) is 23.4. The van der Waals surface area contributed by atoms with Crippen molar-refractivity contribution in [2.45, 2.75) is 86.0 Å². The predicted octanol–water partition coefficient (Wildman–Crippen LogP) is 8.14. The second-order valence-corrected chi connectivity index (χ2v) is 6.87. The molecule has 0 spiro atoms. The topological polar surface area (TPSA) is 0 Å². The molecule has 2 aromatic carbocycles. The predicted molar refractivity (Wildman–Crippen MR) is 116 cm³/mol. The lowest BCUT2D eigenvalue weighted by Gasteiger charge is -2.32. The van der Waals surface area contributed by atoms with Crippen LogP contribution in [-0.2, 0) is 10.8 Å². The first-order chi connectivity index (χ1) is 11.9. The van der Waals surface area contributed by atoms with E-state index in [-0.39, 0.29) is 10.8 Å².